The molecule has 4 heteroatoms. The molecule has 88 valence electrons. The number of amides is 2. The zero-order chi connectivity index (χ0) is 12.4. The van der Waals surface area contributed by atoms with Gasteiger partial charge in [-0.3, -0.25) is 4.79 Å². The van der Waals surface area contributed by atoms with E-state index in [9.17, 15) is 9.59 Å². The molecular weight excluding hydrogens is 216 g/mol. The molecule has 1 aromatic carbocycles. The Bertz CT molecular complexity index is 491. The summed E-state index contributed by atoms with van der Waals surface area (Å²) in [5.41, 5.74) is 2.06. The molecule has 0 aromatic heterocycles. The van der Waals surface area contributed by atoms with Gasteiger partial charge in [0, 0.05) is 5.57 Å². The minimum atomic E-state index is -0.277. The van der Waals surface area contributed by atoms with E-state index in [-0.39, 0.29) is 17.9 Å². The maximum Gasteiger partial charge on any atom is 0.319 e. The Morgan fingerprint density at radius 1 is 1.24 bits per heavy atom. The van der Waals surface area contributed by atoms with Gasteiger partial charge >= 0.3 is 6.03 Å². The Hall–Kier alpha value is -2.10. The number of urea groups is 1. The van der Waals surface area contributed by atoms with Crippen molar-refractivity contribution in [1.82, 2.24) is 10.6 Å². The van der Waals surface area contributed by atoms with E-state index >= 15 is 0 Å². The number of nitrogens with one attached hydrogen (secondary N) is 2. The lowest BCUT2D eigenvalue weighted by Gasteiger charge is -2.26. The Balaban J connectivity index is 2.55. The number of benzene rings is 1. The summed E-state index contributed by atoms with van der Waals surface area (Å²) in [6.45, 7) is 3.31. The smallest absolute Gasteiger partial charge is 0.319 e. The van der Waals surface area contributed by atoms with Crippen LogP contribution in [-0.4, -0.2) is 17.9 Å². The summed E-state index contributed by atoms with van der Waals surface area (Å²) in [7, 11) is 0. The summed E-state index contributed by atoms with van der Waals surface area (Å²) in [6, 6.07) is 8.84. The molecule has 17 heavy (non-hydrogen) atoms. The van der Waals surface area contributed by atoms with E-state index in [1.807, 2.05) is 30.3 Å². The van der Waals surface area contributed by atoms with Crippen molar-refractivity contribution < 1.29 is 9.59 Å². The molecule has 1 atom stereocenters. The molecule has 1 aliphatic heterocycles. The van der Waals surface area contributed by atoms with E-state index < -0.39 is 0 Å². The molecule has 2 N–H and O–H groups in total. The first-order chi connectivity index (χ1) is 8.09. The van der Waals surface area contributed by atoms with Gasteiger partial charge in [-0.15, -0.1) is 0 Å². The number of carbonyl (C=O) groups excluding carboxylic acids is 2. The van der Waals surface area contributed by atoms with Crippen molar-refractivity contribution in [3.63, 3.8) is 0 Å². The van der Waals surface area contributed by atoms with Crippen LogP contribution in [0.1, 0.15) is 19.4 Å². The van der Waals surface area contributed by atoms with E-state index in [0.717, 1.165) is 5.56 Å². The zero-order valence-corrected chi connectivity index (χ0v) is 9.78. The molecule has 0 radical (unpaired) electrons. The second-order valence-electron chi connectivity index (χ2n) is 4.03. The van der Waals surface area contributed by atoms with Crippen LogP contribution < -0.4 is 10.6 Å². The lowest BCUT2D eigenvalue weighted by molar-refractivity contribution is -0.113. The fourth-order valence-electron chi connectivity index (χ4n) is 2.02. The third-order valence-electron chi connectivity index (χ3n) is 2.73. The van der Waals surface area contributed by atoms with E-state index in [4.69, 9.17) is 0 Å². The summed E-state index contributed by atoms with van der Waals surface area (Å²) in [5.74, 6) is -0.0381. The minimum absolute atomic E-state index is 0.0381. The Labute approximate surface area is 99.7 Å². The van der Waals surface area contributed by atoms with Crippen molar-refractivity contribution in [3.05, 3.63) is 41.5 Å². The van der Waals surface area contributed by atoms with Gasteiger partial charge in [0.1, 0.15) is 0 Å². The van der Waals surface area contributed by atoms with Crippen LogP contribution in [0.2, 0.25) is 0 Å². The minimum Gasteiger partial charge on any atom is -0.331 e. The van der Waals surface area contributed by atoms with Crippen LogP contribution in [-0.2, 0) is 4.79 Å². The maximum atomic E-state index is 11.7. The molecule has 4 nitrogen and oxygen atoms in total. The van der Waals surface area contributed by atoms with Crippen molar-refractivity contribution in [2.75, 3.05) is 0 Å². The highest BCUT2D eigenvalue weighted by molar-refractivity contribution is 6.06. The van der Waals surface area contributed by atoms with E-state index in [1.165, 1.54) is 6.92 Å². The van der Waals surface area contributed by atoms with Crippen molar-refractivity contribution in [2.45, 2.75) is 19.9 Å². The van der Waals surface area contributed by atoms with Gasteiger partial charge < -0.3 is 10.6 Å². The van der Waals surface area contributed by atoms with Gasteiger partial charge in [0.05, 0.1) is 11.7 Å². The first-order valence-corrected chi connectivity index (χ1v) is 5.47. The second kappa shape index (κ2) is 4.41. The summed E-state index contributed by atoms with van der Waals surface area (Å²) in [6.07, 6.45) is 0. The summed E-state index contributed by atoms with van der Waals surface area (Å²) < 4.78 is 0. The second-order valence-corrected chi connectivity index (χ2v) is 4.03. The van der Waals surface area contributed by atoms with Gasteiger partial charge in [0.15, 0.2) is 5.78 Å². The molecule has 2 amide bonds. The maximum absolute atomic E-state index is 11.7. The highest BCUT2D eigenvalue weighted by atomic mass is 16.2. The first kappa shape index (κ1) is 11.4. The number of hydrogen-bond donors (Lipinski definition) is 2. The highest BCUT2D eigenvalue weighted by Crippen LogP contribution is 2.22. The van der Waals surface area contributed by atoms with Crippen molar-refractivity contribution in [1.29, 1.82) is 0 Å². The predicted molar refractivity (Wildman–Crippen MR) is 65.2 cm³/mol. The number of Topliss-reactive ketones (excluding diaryl/α,β-unsaturated/α-hetero) is 1. The molecule has 1 aliphatic rings. The molecule has 1 unspecified atom stereocenters. The van der Waals surface area contributed by atoms with Crippen LogP contribution in [0.4, 0.5) is 4.79 Å². The van der Waals surface area contributed by atoms with Crippen molar-refractivity contribution >= 4 is 17.5 Å². The third-order valence-corrected chi connectivity index (χ3v) is 2.73. The van der Waals surface area contributed by atoms with E-state index in [0.29, 0.717) is 11.3 Å². The predicted octanol–water partition coefficient (Wildman–Crippen LogP) is 1.69. The number of ketones is 1. The van der Waals surface area contributed by atoms with Crippen molar-refractivity contribution in [3.8, 4) is 0 Å². The quantitative estimate of drug-likeness (QED) is 0.812. The fourth-order valence-corrected chi connectivity index (χ4v) is 2.02. The Morgan fingerprint density at radius 2 is 1.88 bits per heavy atom. The van der Waals surface area contributed by atoms with Crippen LogP contribution in [0.15, 0.2) is 35.9 Å². The fraction of sp³-hybridized carbons (Fsp3) is 0.231. The van der Waals surface area contributed by atoms with Crippen LogP contribution in [0.3, 0.4) is 0 Å². The lowest BCUT2D eigenvalue weighted by atomic mass is 9.96. The standard InChI is InChI=1S/C13H14N2O2/c1-8-11(9(2)16)12(15-13(17)14-8)10-6-4-3-5-7-10/h3-8H,1-2H3,(H2,14,15,17). The Kier molecular flexibility index (Phi) is 2.95. The SMILES string of the molecule is CC(=O)C1=C(c2ccccc2)NC(=O)NC1C. The largest absolute Gasteiger partial charge is 0.331 e. The monoisotopic (exact) mass is 230 g/mol. The van der Waals surface area contributed by atoms with Gasteiger partial charge in [-0.25, -0.2) is 4.79 Å². The summed E-state index contributed by atoms with van der Waals surface area (Å²) in [4.78, 5) is 23.1. The molecule has 1 aromatic rings. The van der Waals surface area contributed by atoms with Crippen LogP contribution in [0.5, 0.6) is 0 Å². The number of carbonyl (C=O) groups is 2. The van der Waals surface area contributed by atoms with Gasteiger partial charge in [-0.05, 0) is 19.4 Å². The number of hydrogen-bond acceptors (Lipinski definition) is 2. The molecular formula is C13H14N2O2. The summed E-state index contributed by atoms with van der Waals surface area (Å²) in [5, 5.41) is 5.38. The van der Waals surface area contributed by atoms with Gasteiger partial charge in [-0.1, -0.05) is 30.3 Å². The molecule has 0 saturated carbocycles. The van der Waals surface area contributed by atoms with Gasteiger partial charge in [0.25, 0.3) is 0 Å². The zero-order valence-electron chi connectivity index (χ0n) is 9.78. The van der Waals surface area contributed by atoms with E-state index in [1.54, 1.807) is 6.92 Å². The van der Waals surface area contributed by atoms with Gasteiger partial charge in [0.2, 0.25) is 0 Å². The topological polar surface area (TPSA) is 58.2 Å². The molecule has 0 bridgehead atoms. The van der Waals surface area contributed by atoms with Crippen LogP contribution in [0, 0.1) is 0 Å². The third kappa shape index (κ3) is 2.20. The number of rotatable bonds is 2. The van der Waals surface area contributed by atoms with Gasteiger partial charge in [-0.2, -0.15) is 0 Å². The highest BCUT2D eigenvalue weighted by Gasteiger charge is 2.26. The first-order valence-electron chi connectivity index (χ1n) is 5.47. The molecule has 0 saturated heterocycles. The molecule has 0 spiro atoms. The Morgan fingerprint density at radius 3 is 2.47 bits per heavy atom. The molecule has 0 aliphatic carbocycles. The molecule has 2 rings (SSSR count). The van der Waals surface area contributed by atoms with Crippen LogP contribution >= 0.6 is 0 Å². The average Bonchev–Trinajstić information content (AvgIpc) is 2.28. The average molecular weight is 230 g/mol. The molecule has 1 heterocycles. The lowest BCUT2D eigenvalue weighted by Crippen LogP contribution is -2.47. The van der Waals surface area contributed by atoms with Crippen molar-refractivity contribution in [2.24, 2.45) is 0 Å². The molecule has 0 fully saturated rings. The normalized spacial score (nSPS) is 19.6. The van der Waals surface area contributed by atoms with E-state index in [2.05, 4.69) is 10.6 Å². The summed E-state index contributed by atoms with van der Waals surface area (Å²) >= 11 is 0. The van der Waals surface area contributed by atoms with Crippen LogP contribution in [0.25, 0.3) is 5.70 Å².